The first kappa shape index (κ1) is 17.1. The van der Waals surface area contributed by atoms with Crippen LogP contribution in [0.4, 0.5) is 5.82 Å². The summed E-state index contributed by atoms with van der Waals surface area (Å²) >= 11 is 0. The Hall–Kier alpha value is -3.75. The summed E-state index contributed by atoms with van der Waals surface area (Å²) in [7, 11) is 1.58. The van der Waals surface area contributed by atoms with E-state index in [0.29, 0.717) is 12.2 Å². The van der Waals surface area contributed by atoms with Gasteiger partial charge in [-0.15, -0.1) is 0 Å². The average molecular weight is 353 g/mol. The number of ether oxygens (including phenoxy) is 1. The fourth-order valence-corrected chi connectivity index (χ4v) is 2.27. The molecule has 9 nitrogen and oxygen atoms in total. The molecule has 2 heterocycles. The van der Waals surface area contributed by atoms with Crippen molar-refractivity contribution in [1.82, 2.24) is 19.9 Å². The van der Waals surface area contributed by atoms with Crippen molar-refractivity contribution in [1.29, 1.82) is 0 Å². The maximum absolute atomic E-state index is 12.3. The highest BCUT2D eigenvalue weighted by Gasteiger charge is 2.11. The van der Waals surface area contributed by atoms with Crippen LogP contribution in [0.15, 0.2) is 52.2 Å². The van der Waals surface area contributed by atoms with Crippen molar-refractivity contribution in [2.45, 2.75) is 6.42 Å². The van der Waals surface area contributed by atoms with Crippen LogP contribution in [0.5, 0.6) is 5.75 Å². The number of rotatable bonds is 5. The van der Waals surface area contributed by atoms with Gasteiger partial charge in [0, 0.05) is 18.7 Å². The lowest BCUT2D eigenvalue weighted by Gasteiger charge is -2.06. The molecule has 1 aromatic carbocycles. The molecule has 0 fully saturated rings. The highest BCUT2D eigenvalue weighted by atomic mass is 16.5. The molecule has 9 heteroatoms. The van der Waals surface area contributed by atoms with E-state index in [2.05, 4.69) is 25.3 Å². The molecule has 0 spiro atoms. The number of methoxy groups -OCH3 is 1. The summed E-state index contributed by atoms with van der Waals surface area (Å²) in [6.07, 6.45) is 1.60. The molecule has 0 bridgehead atoms. The number of hydrogen-bond donors (Lipinski definition) is 3. The molecular weight excluding hydrogens is 338 g/mol. The summed E-state index contributed by atoms with van der Waals surface area (Å²) < 4.78 is 5.10. The van der Waals surface area contributed by atoms with E-state index in [1.54, 1.807) is 19.2 Å². The lowest BCUT2D eigenvalue weighted by molar-refractivity contribution is 0.102. The van der Waals surface area contributed by atoms with Crippen molar-refractivity contribution in [3.8, 4) is 5.75 Å². The zero-order valence-corrected chi connectivity index (χ0v) is 13.8. The Morgan fingerprint density at radius 2 is 1.92 bits per heavy atom. The molecule has 3 rings (SSSR count). The monoisotopic (exact) mass is 353 g/mol. The Morgan fingerprint density at radius 1 is 1.15 bits per heavy atom. The van der Waals surface area contributed by atoms with E-state index in [1.807, 2.05) is 12.1 Å². The van der Waals surface area contributed by atoms with Crippen LogP contribution < -0.4 is 21.3 Å². The summed E-state index contributed by atoms with van der Waals surface area (Å²) in [5.41, 5.74) is -0.210. The fraction of sp³-hybridized carbons (Fsp3) is 0.118. The second kappa shape index (κ2) is 7.43. The van der Waals surface area contributed by atoms with E-state index in [1.165, 1.54) is 12.3 Å². The summed E-state index contributed by atoms with van der Waals surface area (Å²) in [6, 6.07) is 9.78. The Balaban J connectivity index is 1.81. The number of benzene rings is 1. The third-order valence-electron chi connectivity index (χ3n) is 3.48. The van der Waals surface area contributed by atoms with Gasteiger partial charge >= 0.3 is 5.69 Å². The van der Waals surface area contributed by atoms with Crippen molar-refractivity contribution < 1.29 is 9.53 Å². The highest BCUT2D eigenvalue weighted by Crippen LogP contribution is 2.13. The molecule has 0 aliphatic carbocycles. The number of aromatic nitrogens is 4. The summed E-state index contributed by atoms with van der Waals surface area (Å²) in [5, 5.41) is 2.47. The predicted octanol–water partition coefficient (Wildman–Crippen LogP) is 0.705. The van der Waals surface area contributed by atoms with Crippen LogP contribution in [0.2, 0.25) is 0 Å². The summed E-state index contributed by atoms with van der Waals surface area (Å²) in [4.78, 5) is 47.9. The van der Waals surface area contributed by atoms with Gasteiger partial charge in [-0.1, -0.05) is 12.1 Å². The normalized spacial score (nSPS) is 10.3. The minimum atomic E-state index is -0.617. The first-order valence-corrected chi connectivity index (χ1v) is 7.63. The van der Waals surface area contributed by atoms with Gasteiger partial charge in [0.25, 0.3) is 11.5 Å². The average Bonchev–Trinajstić information content (AvgIpc) is 2.62. The van der Waals surface area contributed by atoms with Crippen molar-refractivity contribution in [2.24, 2.45) is 0 Å². The second-order valence-corrected chi connectivity index (χ2v) is 5.34. The lowest BCUT2D eigenvalue weighted by Crippen LogP contribution is -2.22. The number of hydrogen-bond acceptors (Lipinski definition) is 6. The SMILES string of the molecule is COc1ccc(Cc2nc(C(=O)Nc3ccnc(=O)[nH]3)cc(=O)[nH]2)cc1. The minimum absolute atomic E-state index is 0.0603. The van der Waals surface area contributed by atoms with Crippen LogP contribution in [-0.2, 0) is 6.42 Å². The third kappa shape index (κ3) is 4.20. The summed E-state index contributed by atoms with van der Waals surface area (Å²) in [5.74, 6) is 0.605. The van der Waals surface area contributed by atoms with Gasteiger partial charge in [-0.25, -0.2) is 14.8 Å². The zero-order valence-electron chi connectivity index (χ0n) is 13.8. The Labute approximate surface area is 147 Å². The van der Waals surface area contributed by atoms with Gasteiger partial charge in [-0.2, -0.15) is 0 Å². The quantitative estimate of drug-likeness (QED) is 0.619. The molecule has 0 radical (unpaired) electrons. The molecule has 132 valence electrons. The number of nitrogens with one attached hydrogen (secondary N) is 3. The van der Waals surface area contributed by atoms with Gasteiger partial charge in [0.15, 0.2) is 0 Å². The highest BCUT2D eigenvalue weighted by molar-refractivity contribution is 6.02. The standard InChI is InChI=1S/C17H15N5O4/c1-26-11-4-2-10(3-5-11)8-14-19-12(9-15(23)20-14)16(24)21-13-6-7-18-17(25)22-13/h2-7,9H,8H2,1H3,(H,19,20,23)(H2,18,21,22,24,25). The Morgan fingerprint density at radius 3 is 2.62 bits per heavy atom. The summed E-state index contributed by atoms with van der Waals surface area (Å²) in [6.45, 7) is 0. The zero-order chi connectivity index (χ0) is 18.5. The van der Waals surface area contributed by atoms with Gasteiger partial charge in [-0.3, -0.25) is 14.6 Å². The van der Waals surface area contributed by atoms with Crippen molar-refractivity contribution in [3.05, 3.63) is 80.5 Å². The second-order valence-electron chi connectivity index (χ2n) is 5.34. The molecule has 0 atom stereocenters. The van der Waals surface area contributed by atoms with Gasteiger partial charge in [0.05, 0.1) is 7.11 Å². The van der Waals surface area contributed by atoms with E-state index in [0.717, 1.165) is 17.4 Å². The van der Waals surface area contributed by atoms with Gasteiger partial charge in [0.1, 0.15) is 23.1 Å². The van der Waals surface area contributed by atoms with Gasteiger partial charge < -0.3 is 15.0 Å². The molecule has 2 aromatic heterocycles. The van der Waals surface area contributed by atoms with E-state index >= 15 is 0 Å². The first-order valence-electron chi connectivity index (χ1n) is 7.63. The topological polar surface area (TPSA) is 130 Å². The van der Waals surface area contributed by atoms with Gasteiger partial charge in [-0.05, 0) is 23.8 Å². The van der Waals surface area contributed by atoms with Crippen LogP contribution in [0.3, 0.4) is 0 Å². The number of aromatic amines is 2. The van der Waals surface area contributed by atoms with Crippen LogP contribution in [-0.4, -0.2) is 33.0 Å². The molecule has 3 N–H and O–H groups in total. The van der Waals surface area contributed by atoms with E-state index in [4.69, 9.17) is 4.74 Å². The number of anilines is 1. The molecule has 0 saturated carbocycles. The van der Waals surface area contributed by atoms with Gasteiger partial charge in [0.2, 0.25) is 0 Å². The third-order valence-corrected chi connectivity index (χ3v) is 3.48. The van der Waals surface area contributed by atoms with Crippen LogP contribution >= 0.6 is 0 Å². The number of H-pyrrole nitrogens is 2. The molecule has 26 heavy (non-hydrogen) atoms. The predicted molar refractivity (Wildman–Crippen MR) is 93.5 cm³/mol. The van der Waals surface area contributed by atoms with Crippen molar-refractivity contribution >= 4 is 11.7 Å². The molecule has 0 unspecified atom stereocenters. The molecule has 0 saturated heterocycles. The smallest absolute Gasteiger partial charge is 0.346 e. The maximum Gasteiger partial charge on any atom is 0.346 e. The van der Waals surface area contributed by atoms with E-state index < -0.39 is 17.2 Å². The molecule has 3 aromatic rings. The lowest BCUT2D eigenvalue weighted by atomic mass is 10.1. The van der Waals surface area contributed by atoms with Crippen LogP contribution in [0, 0.1) is 0 Å². The Kier molecular flexibility index (Phi) is 4.88. The van der Waals surface area contributed by atoms with E-state index in [-0.39, 0.29) is 11.5 Å². The van der Waals surface area contributed by atoms with Crippen molar-refractivity contribution in [3.63, 3.8) is 0 Å². The fourth-order valence-electron chi connectivity index (χ4n) is 2.27. The van der Waals surface area contributed by atoms with Crippen LogP contribution in [0.1, 0.15) is 21.9 Å². The molecular formula is C17H15N5O4. The molecule has 1 amide bonds. The largest absolute Gasteiger partial charge is 0.497 e. The molecule has 0 aliphatic rings. The van der Waals surface area contributed by atoms with Crippen LogP contribution in [0.25, 0.3) is 0 Å². The number of nitrogens with zero attached hydrogens (tertiary/aromatic N) is 2. The minimum Gasteiger partial charge on any atom is -0.497 e. The Bertz CT molecular complexity index is 1040. The number of carbonyl (C=O) groups is 1. The molecule has 0 aliphatic heterocycles. The maximum atomic E-state index is 12.3. The van der Waals surface area contributed by atoms with Crippen molar-refractivity contribution in [2.75, 3.05) is 12.4 Å². The number of carbonyl (C=O) groups excluding carboxylic acids is 1. The van der Waals surface area contributed by atoms with E-state index in [9.17, 15) is 14.4 Å². The first-order chi connectivity index (χ1) is 12.5. The number of amides is 1.